The van der Waals surface area contributed by atoms with Crippen LogP contribution >= 0.6 is 11.5 Å². The lowest BCUT2D eigenvalue weighted by atomic mass is 9.98. The van der Waals surface area contributed by atoms with Gasteiger partial charge >= 0.3 is 0 Å². The predicted molar refractivity (Wildman–Crippen MR) is 52.8 cm³/mol. The summed E-state index contributed by atoms with van der Waals surface area (Å²) in [6.45, 7) is 1.78. The summed E-state index contributed by atoms with van der Waals surface area (Å²) in [6.07, 6.45) is 3.02. The second-order valence-corrected chi connectivity index (χ2v) is 4.17. The minimum atomic E-state index is 0.426. The van der Waals surface area contributed by atoms with E-state index in [1.165, 1.54) is 4.88 Å². The molecule has 1 N–H and O–H groups in total. The summed E-state index contributed by atoms with van der Waals surface area (Å²) in [6, 6.07) is 2.51. The van der Waals surface area contributed by atoms with Crippen molar-refractivity contribution in [3.8, 4) is 0 Å². The molecule has 1 aromatic heterocycles. The molecule has 0 bridgehead atoms. The van der Waals surface area contributed by atoms with Gasteiger partial charge in [-0.1, -0.05) is 0 Å². The third-order valence-electron chi connectivity index (χ3n) is 2.51. The Labute approximate surface area is 82.3 Å². The minimum absolute atomic E-state index is 0.426. The third kappa shape index (κ3) is 1.90. The molecule has 0 spiro atoms. The van der Waals surface area contributed by atoms with Gasteiger partial charge in [-0.05, 0) is 31.1 Å². The maximum absolute atomic E-state index is 5.38. The molecule has 0 aromatic carbocycles. The Balaban J connectivity index is 2.08. The van der Waals surface area contributed by atoms with Crippen molar-refractivity contribution < 1.29 is 4.74 Å². The van der Waals surface area contributed by atoms with Crippen molar-refractivity contribution in [3.63, 3.8) is 0 Å². The van der Waals surface area contributed by atoms with E-state index in [0.29, 0.717) is 12.0 Å². The zero-order valence-corrected chi connectivity index (χ0v) is 8.51. The van der Waals surface area contributed by atoms with Crippen LogP contribution in [0.3, 0.4) is 0 Å². The lowest BCUT2D eigenvalue weighted by Crippen LogP contribution is -2.24. The highest BCUT2D eigenvalue weighted by Gasteiger charge is 2.26. The van der Waals surface area contributed by atoms with Crippen LogP contribution in [0.15, 0.2) is 12.3 Å². The second kappa shape index (κ2) is 4.17. The molecule has 2 heterocycles. The van der Waals surface area contributed by atoms with Crippen LogP contribution in [0.25, 0.3) is 0 Å². The fourth-order valence-electron chi connectivity index (χ4n) is 1.81. The van der Waals surface area contributed by atoms with Crippen LogP contribution in [0.5, 0.6) is 0 Å². The molecule has 2 atom stereocenters. The Morgan fingerprint density at radius 2 is 2.69 bits per heavy atom. The quantitative estimate of drug-likeness (QED) is 0.798. The average molecular weight is 198 g/mol. The van der Waals surface area contributed by atoms with Crippen molar-refractivity contribution in [2.75, 3.05) is 20.3 Å². The van der Waals surface area contributed by atoms with E-state index < -0.39 is 0 Å². The van der Waals surface area contributed by atoms with Crippen molar-refractivity contribution in [1.82, 2.24) is 9.69 Å². The van der Waals surface area contributed by atoms with Crippen molar-refractivity contribution in [2.45, 2.75) is 12.5 Å². The smallest absolute Gasteiger partial charge is 0.0513 e. The standard InChI is InChI=1S/C9H14N2OS/c1-10-9(7-3-5-12-6-7)8-2-4-11-13-8/h2,4,7,9-10H,3,5-6H2,1H3. The Kier molecular flexibility index (Phi) is 2.93. The van der Waals surface area contributed by atoms with Gasteiger partial charge in [0, 0.05) is 29.6 Å². The largest absolute Gasteiger partial charge is 0.381 e. The molecule has 13 heavy (non-hydrogen) atoms. The van der Waals surface area contributed by atoms with Gasteiger partial charge in [-0.15, -0.1) is 0 Å². The molecule has 0 amide bonds. The van der Waals surface area contributed by atoms with Crippen molar-refractivity contribution in [2.24, 2.45) is 5.92 Å². The van der Waals surface area contributed by atoms with E-state index in [4.69, 9.17) is 4.74 Å². The molecule has 0 aliphatic carbocycles. The van der Waals surface area contributed by atoms with Crippen LogP contribution in [0.1, 0.15) is 17.3 Å². The van der Waals surface area contributed by atoms with Gasteiger partial charge in [-0.25, -0.2) is 4.37 Å². The molecule has 2 unspecified atom stereocenters. The van der Waals surface area contributed by atoms with Gasteiger partial charge in [0.05, 0.1) is 6.61 Å². The molecule has 0 saturated carbocycles. The highest BCUT2D eigenvalue weighted by atomic mass is 32.1. The number of aromatic nitrogens is 1. The van der Waals surface area contributed by atoms with Gasteiger partial charge in [0.25, 0.3) is 0 Å². The first-order valence-electron chi connectivity index (χ1n) is 4.57. The topological polar surface area (TPSA) is 34.2 Å². The van der Waals surface area contributed by atoms with Gasteiger partial charge in [0.2, 0.25) is 0 Å². The van der Waals surface area contributed by atoms with E-state index >= 15 is 0 Å². The predicted octanol–water partition coefficient (Wildman–Crippen LogP) is 1.44. The van der Waals surface area contributed by atoms with Crippen LogP contribution in [-0.2, 0) is 4.74 Å². The van der Waals surface area contributed by atoms with E-state index in [1.807, 2.05) is 13.2 Å². The minimum Gasteiger partial charge on any atom is -0.381 e. The summed E-state index contributed by atoms with van der Waals surface area (Å²) in [4.78, 5) is 1.32. The van der Waals surface area contributed by atoms with Gasteiger partial charge in [-0.2, -0.15) is 0 Å². The van der Waals surface area contributed by atoms with E-state index in [9.17, 15) is 0 Å². The van der Waals surface area contributed by atoms with Crippen LogP contribution in [0, 0.1) is 5.92 Å². The van der Waals surface area contributed by atoms with Crippen LogP contribution in [0.2, 0.25) is 0 Å². The summed E-state index contributed by atoms with van der Waals surface area (Å²) < 4.78 is 9.51. The molecule has 0 radical (unpaired) electrons. The number of hydrogen-bond donors (Lipinski definition) is 1. The van der Waals surface area contributed by atoms with E-state index in [0.717, 1.165) is 19.6 Å². The highest BCUT2D eigenvalue weighted by molar-refractivity contribution is 7.05. The van der Waals surface area contributed by atoms with E-state index in [-0.39, 0.29) is 0 Å². The van der Waals surface area contributed by atoms with Gasteiger partial charge in [0.1, 0.15) is 0 Å². The molecule has 3 nitrogen and oxygen atoms in total. The van der Waals surface area contributed by atoms with E-state index in [2.05, 4.69) is 15.8 Å². The number of hydrogen-bond acceptors (Lipinski definition) is 4. The van der Waals surface area contributed by atoms with Crippen LogP contribution < -0.4 is 5.32 Å². The lowest BCUT2D eigenvalue weighted by molar-refractivity contribution is 0.178. The number of ether oxygens (including phenoxy) is 1. The fourth-order valence-corrected chi connectivity index (χ4v) is 2.60. The summed E-state index contributed by atoms with van der Waals surface area (Å²) in [7, 11) is 2.00. The summed E-state index contributed by atoms with van der Waals surface area (Å²) in [5, 5.41) is 3.34. The average Bonchev–Trinajstić information content (AvgIpc) is 2.76. The Morgan fingerprint density at radius 3 is 3.23 bits per heavy atom. The second-order valence-electron chi connectivity index (χ2n) is 3.30. The molecule has 1 aliphatic rings. The summed E-state index contributed by atoms with van der Waals surface area (Å²) >= 11 is 1.57. The van der Waals surface area contributed by atoms with Gasteiger partial charge in [0.15, 0.2) is 0 Å². The van der Waals surface area contributed by atoms with Crippen molar-refractivity contribution in [1.29, 1.82) is 0 Å². The molecule has 1 aliphatic heterocycles. The Morgan fingerprint density at radius 1 is 1.77 bits per heavy atom. The van der Waals surface area contributed by atoms with Gasteiger partial charge < -0.3 is 10.1 Å². The third-order valence-corrected chi connectivity index (χ3v) is 3.34. The zero-order valence-electron chi connectivity index (χ0n) is 7.69. The fraction of sp³-hybridized carbons (Fsp3) is 0.667. The molecule has 1 saturated heterocycles. The molecule has 1 fully saturated rings. The van der Waals surface area contributed by atoms with Crippen LogP contribution in [-0.4, -0.2) is 24.6 Å². The summed E-state index contributed by atoms with van der Waals surface area (Å²) in [5.74, 6) is 0.616. The Hall–Kier alpha value is -0.450. The summed E-state index contributed by atoms with van der Waals surface area (Å²) in [5.41, 5.74) is 0. The number of rotatable bonds is 3. The first-order valence-corrected chi connectivity index (χ1v) is 5.34. The monoisotopic (exact) mass is 198 g/mol. The first kappa shape index (κ1) is 9.12. The molecule has 2 rings (SSSR count). The maximum atomic E-state index is 5.38. The van der Waals surface area contributed by atoms with Gasteiger partial charge in [-0.3, -0.25) is 0 Å². The van der Waals surface area contributed by atoms with Crippen LogP contribution in [0.4, 0.5) is 0 Å². The van der Waals surface area contributed by atoms with Crippen molar-refractivity contribution >= 4 is 11.5 Å². The van der Waals surface area contributed by atoms with E-state index in [1.54, 1.807) is 11.5 Å². The number of nitrogens with one attached hydrogen (secondary N) is 1. The molecule has 72 valence electrons. The number of nitrogens with zero attached hydrogens (tertiary/aromatic N) is 1. The molecular weight excluding hydrogens is 184 g/mol. The highest BCUT2D eigenvalue weighted by Crippen LogP contribution is 2.29. The SMILES string of the molecule is CNC(c1ccns1)C1CCOC1. The maximum Gasteiger partial charge on any atom is 0.0513 e. The lowest BCUT2D eigenvalue weighted by Gasteiger charge is -2.19. The Bertz CT molecular complexity index is 244. The molecular formula is C9H14N2OS. The molecule has 4 heteroatoms. The first-order chi connectivity index (χ1) is 6.42. The normalized spacial score (nSPS) is 24.8. The zero-order chi connectivity index (χ0) is 9.10. The van der Waals surface area contributed by atoms with Crippen molar-refractivity contribution in [3.05, 3.63) is 17.1 Å². The molecule has 1 aromatic rings.